The predicted molar refractivity (Wildman–Crippen MR) is 93.6 cm³/mol. The standard InChI is InChI=1S/C16H17NO5S2/c1-4-22-13-10(6-5-7-11(13)21-3)8-12-14(18)17(16(23)24-12)9(2)15(19)20/h5-9H,4H2,1-3H3,(H,19,20)/p-1/b12-8-/t9-/m1/s1. The molecule has 1 amide bonds. The molecule has 0 N–H and O–H groups in total. The van der Waals surface area contributed by atoms with Crippen LogP contribution in [0.1, 0.15) is 19.4 Å². The maximum atomic E-state index is 12.5. The number of amides is 1. The molecule has 1 saturated heterocycles. The number of aliphatic carboxylic acids is 1. The molecule has 0 radical (unpaired) electrons. The van der Waals surface area contributed by atoms with Gasteiger partial charge in [0.1, 0.15) is 4.32 Å². The second-order valence-corrected chi connectivity index (χ2v) is 6.53. The number of carboxylic acids is 1. The highest BCUT2D eigenvalue weighted by molar-refractivity contribution is 8.26. The van der Waals surface area contributed by atoms with Crippen LogP contribution in [-0.4, -0.2) is 40.9 Å². The van der Waals surface area contributed by atoms with Gasteiger partial charge in [-0.15, -0.1) is 0 Å². The summed E-state index contributed by atoms with van der Waals surface area (Å²) in [5.41, 5.74) is 0.651. The molecule has 1 aliphatic rings. The minimum Gasteiger partial charge on any atom is -0.548 e. The molecule has 1 heterocycles. The zero-order chi connectivity index (χ0) is 17.9. The van der Waals surface area contributed by atoms with Crippen LogP contribution >= 0.6 is 24.0 Å². The topological polar surface area (TPSA) is 78.9 Å². The molecule has 8 heteroatoms. The number of thioether (sulfide) groups is 1. The summed E-state index contributed by atoms with van der Waals surface area (Å²) in [4.78, 5) is 24.9. The molecule has 24 heavy (non-hydrogen) atoms. The van der Waals surface area contributed by atoms with E-state index in [4.69, 9.17) is 21.7 Å². The monoisotopic (exact) mass is 366 g/mol. The summed E-state index contributed by atoms with van der Waals surface area (Å²) in [5, 5.41) is 11.0. The SMILES string of the molecule is CCOc1c(/C=C2\SC(=S)N([C@H](C)C(=O)[O-])C2=O)cccc1OC. The van der Waals surface area contributed by atoms with Crippen LogP contribution in [0.25, 0.3) is 6.08 Å². The number of methoxy groups -OCH3 is 1. The van der Waals surface area contributed by atoms with Gasteiger partial charge in [-0.25, -0.2) is 0 Å². The Bertz CT molecular complexity index is 716. The maximum absolute atomic E-state index is 12.5. The smallest absolute Gasteiger partial charge is 0.266 e. The van der Waals surface area contributed by atoms with Gasteiger partial charge < -0.3 is 19.4 Å². The average molecular weight is 366 g/mol. The summed E-state index contributed by atoms with van der Waals surface area (Å²) >= 11 is 6.16. The number of hydrogen-bond donors (Lipinski definition) is 0. The molecule has 1 aliphatic heterocycles. The second-order valence-electron chi connectivity index (χ2n) is 4.86. The third-order valence-corrected chi connectivity index (χ3v) is 4.69. The number of carbonyl (C=O) groups excluding carboxylic acids is 2. The number of hydrogen-bond acceptors (Lipinski definition) is 7. The van der Waals surface area contributed by atoms with Crippen molar-refractivity contribution in [3.8, 4) is 11.5 Å². The quantitative estimate of drug-likeness (QED) is 0.557. The van der Waals surface area contributed by atoms with Gasteiger partial charge in [-0.05, 0) is 26.0 Å². The van der Waals surface area contributed by atoms with Gasteiger partial charge in [0.25, 0.3) is 5.91 Å². The van der Waals surface area contributed by atoms with E-state index in [1.165, 1.54) is 14.0 Å². The molecule has 0 spiro atoms. The number of ether oxygens (including phenoxy) is 2. The number of carbonyl (C=O) groups is 2. The molecule has 1 aromatic rings. The molecular formula is C16H16NO5S2-. The summed E-state index contributed by atoms with van der Waals surface area (Å²) < 4.78 is 11.1. The first kappa shape index (κ1) is 18.3. The second kappa shape index (κ2) is 7.67. The molecule has 2 rings (SSSR count). The van der Waals surface area contributed by atoms with E-state index in [0.717, 1.165) is 16.7 Å². The molecule has 0 unspecified atom stereocenters. The first-order valence-electron chi connectivity index (χ1n) is 7.18. The molecule has 128 valence electrons. The first-order chi connectivity index (χ1) is 11.4. The van der Waals surface area contributed by atoms with Gasteiger partial charge in [0, 0.05) is 5.56 Å². The Morgan fingerprint density at radius 2 is 2.21 bits per heavy atom. The number of nitrogens with zero attached hydrogens (tertiary/aromatic N) is 1. The zero-order valence-corrected chi connectivity index (χ0v) is 15.0. The van der Waals surface area contributed by atoms with Gasteiger partial charge in [0.15, 0.2) is 11.5 Å². The van der Waals surface area contributed by atoms with Crippen LogP contribution in [0, 0.1) is 0 Å². The zero-order valence-electron chi connectivity index (χ0n) is 13.4. The normalized spacial score (nSPS) is 17.3. The molecule has 0 aromatic heterocycles. The van der Waals surface area contributed by atoms with Crippen molar-refractivity contribution < 1.29 is 24.2 Å². The van der Waals surface area contributed by atoms with E-state index in [1.54, 1.807) is 24.3 Å². The van der Waals surface area contributed by atoms with E-state index >= 15 is 0 Å². The number of benzene rings is 1. The largest absolute Gasteiger partial charge is 0.548 e. The van der Waals surface area contributed by atoms with E-state index < -0.39 is 17.9 Å². The van der Waals surface area contributed by atoms with Crippen LogP contribution in [0.3, 0.4) is 0 Å². The highest BCUT2D eigenvalue weighted by Crippen LogP contribution is 2.38. The van der Waals surface area contributed by atoms with Crippen molar-refractivity contribution in [2.75, 3.05) is 13.7 Å². The van der Waals surface area contributed by atoms with Crippen molar-refractivity contribution in [2.24, 2.45) is 0 Å². The average Bonchev–Trinajstić information content (AvgIpc) is 2.82. The van der Waals surface area contributed by atoms with E-state index in [2.05, 4.69) is 0 Å². The van der Waals surface area contributed by atoms with Gasteiger partial charge in [-0.3, -0.25) is 9.69 Å². The Morgan fingerprint density at radius 3 is 2.79 bits per heavy atom. The lowest BCUT2D eigenvalue weighted by Gasteiger charge is -2.23. The molecule has 0 bridgehead atoms. The maximum Gasteiger partial charge on any atom is 0.266 e. The molecule has 1 atom stereocenters. The minimum absolute atomic E-state index is 0.184. The van der Waals surface area contributed by atoms with Gasteiger partial charge in [-0.2, -0.15) is 0 Å². The van der Waals surface area contributed by atoms with Crippen molar-refractivity contribution >= 4 is 46.3 Å². The van der Waals surface area contributed by atoms with Crippen LogP contribution < -0.4 is 14.6 Å². The Kier molecular flexibility index (Phi) is 5.84. The van der Waals surface area contributed by atoms with Crippen LogP contribution in [0.15, 0.2) is 23.1 Å². The van der Waals surface area contributed by atoms with Crippen molar-refractivity contribution in [1.29, 1.82) is 0 Å². The van der Waals surface area contributed by atoms with Crippen molar-refractivity contribution in [1.82, 2.24) is 4.90 Å². The Labute approximate surface area is 149 Å². The summed E-state index contributed by atoms with van der Waals surface area (Å²) in [6.07, 6.45) is 1.62. The minimum atomic E-state index is -1.36. The third kappa shape index (κ3) is 3.54. The Balaban J connectivity index is 2.41. The van der Waals surface area contributed by atoms with Crippen molar-refractivity contribution in [2.45, 2.75) is 19.9 Å². The molecule has 1 aromatic carbocycles. The fourth-order valence-corrected chi connectivity index (χ4v) is 3.58. The summed E-state index contributed by atoms with van der Waals surface area (Å²) in [5.74, 6) is -0.763. The summed E-state index contributed by atoms with van der Waals surface area (Å²) in [6, 6.07) is 4.19. The molecule has 0 aliphatic carbocycles. The lowest BCUT2D eigenvalue weighted by atomic mass is 10.1. The van der Waals surface area contributed by atoms with E-state index in [0.29, 0.717) is 28.6 Å². The van der Waals surface area contributed by atoms with Gasteiger partial charge in [-0.1, -0.05) is 36.1 Å². The molecule has 1 fully saturated rings. The van der Waals surface area contributed by atoms with Gasteiger partial charge in [0.05, 0.1) is 30.6 Å². The fraction of sp³-hybridized carbons (Fsp3) is 0.312. The number of carboxylic acid groups (broad SMARTS) is 1. The van der Waals surface area contributed by atoms with Crippen LogP contribution in [0.5, 0.6) is 11.5 Å². The molecule has 6 nitrogen and oxygen atoms in total. The van der Waals surface area contributed by atoms with Gasteiger partial charge >= 0.3 is 0 Å². The van der Waals surface area contributed by atoms with Crippen molar-refractivity contribution in [3.05, 3.63) is 28.7 Å². The summed E-state index contributed by atoms with van der Waals surface area (Å²) in [6.45, 7) is 3.64. The Morgan fingerprint density at radius 1 is 1.50 bits per heavy atom. The van der Waals surface area contributed by atoms with Crippen LogP contribution in [-0.2, 0) is 9.59 Å². The summed E-state index contributed by atoms with van der Waals surface area (Å²) in [7, 11) is 1.53. The number of para-hydroxylation sites is 1. The van der Waals surface area contributed by atoms with E-state index in [9.17, 15) is 14.7 Å². The number of thiocarbonyl (C=S) groups is 1. The Hall–Kier alpha value is -2.06. The fourth-order valence-electron chi connectivity index (χ4n) is 2.17. The highest BCUT2D eigenvalue weighted by atomic mass is 32.2. The van der Waals surface area contributed by atoms with E-state index in [1.807, 2.05) is 6.92 Å². The van der Waals surface area contributed by atoms with Crippen LogP contribution in [0.2, 0.25) is 0 Å². The molecule has 0 saturated carbocycles. The first-order valence-corrected chi connectivity index (χ1v) is 8.40. The number of rotatable bonds is 6. The predicted octanol–water partition coefficient (Wildman–Crippen LogP) is 1.43. The van der Waals surface area contributed by atoms with Crippen molar-refractivity contribution in [3.63, 3.8) is 0 Å². The molecular weight excluding hydrogens is 350 g/mol. The highest BCUT2D eigenvalue weighted by Gasteiger charge is 2.36. The van der Waals surface area contributed by atoms with E-state index in [-0.39, 0.29) is 4.32 Å². The lowest BCUT2D eigenvalue weighted by Crippen LogP contribution is -2.48. The van der Waals surface area contributed by atoms with Gasteiger partial charge in [0.2, 0.25) is 0 Å². The third-order valence-electron chi connectivity index (χ3n) is 3.36. The van der Waals surface area contributed by atoms with Crippen LogP contribution in [0.4, 0.5) is 0 Å². The lowest BCUT2D eigenvalue weighted by molar-refractivity contribution is -0.309.